The summed E-state index contributed by atoms with van der Waals surface area (Å²) in [5.41, 5.74) is 3.25. The average Bonchev–Trinajstić information content (AvgIpc) is 3.44. The number of hydrogen-bond acceptors (Lipinski definition) is 3. The number of rotatable bonds is 4. The highest BCUT2D eigenvalue weighted by Gasteiger charge is 2.28. The van der Waals surface area contributed by atoms with E-state index in [1.807, 2.05) is 25.1 Å². The van der Waals surface area contributed by atoms with Crippen LogP contribution in [0.15, 0.2) is 42.6 Å². The fourth-order valence-corrected chi connectivity index (χ4v) is 3.05. The minimum atomic E-state index is -0.383. The van der Waals surface area contributed by atoms with Gasteiger partial charge in [-0.15, -0.1) is 0 Å². The minimum Gasteiger partial charge on any atom is -0.349 e. The fourth-order valence-electron chi connectivity index (χ4n) is 3.05. The van der Waals surface area contributed by atoms with Crippen LogP contribution in [0.3, 0.4) is 0 Å². The number of fused-ring (bicyclic) bond motifs is 1. The van der Waals surface area contributed by atoms with E-state index in [1.165, 1.54) is 12.1 Å². The molecule has 1 aromatic carbocycles. The number of pyridine rings is 2. The van der Waals surface area contributed by atoms with Crippen LogP contribution in [0.25, 0.3) is 22.2 Å². The van der Waals surface area contributed by atoms with Crippen molar-refractivity contribution in [3.05, 3.63) is 59.7 Å². The third-order valence-corrected chi connectivity index (χ3v) is 4.42. The van der Waals surface area contributed by atoms with E-state index in [9.17, 15) is 9.18 Å². The summed E-state index contributed by atoms with van der Waals surface area (Å²) in [5, 5.41) is 3.55. The van der Waals surface area contributed by atoms with Crippen LogP contribution < -0.4 is 5.32 Å². The first-order valence-corrected chi connectivity index (χ1v) is 8.51. The average molecular weight is 335 g/mol. The Morgan fingerprint density at radius 2 is 2.12 bits per heavy atom. The maximum Gasteiger partial charge on any atom is 0.252 e. The molecule has 1 aliphatic carbocycles. The summed E-state index contributed by atoms with van der Waals surface area (Å²) in [6.45, 7) is 1.99. The van der Waals surface area contributed by atoms with Crippen LogP contribution in [0.1, 0.15) is 35.8 Å². The number of hydrogen-bond donors (Lipinski definition) is 1. The predicted molar refractivity (Wildman–Crippen MR) is 94.8 cm³/mol. The molecule has 25 heavy (non-hydrogen) atoms. The zero-order valence-corrected chi connectivity index (χ0v) is 13.9. The number of carbonyl (C=O) groups is 1. The highest BCUT2D eigenvalue weighted by atomic mass is 19.1. The van der Waals surface area contributed by atoms with Crippen molar-refractivity contribution in [3.8, 4) is 11.3 Å². The van der Waals surface area contributed by atoms with Crippen molar-refractivity contribution in [1.82, 2.24) is 15.3 Å². The fraction of sp³-hybridized carbons (Fsp3) is 0.250. The Morgan fingerprint density at radius 3 is 2.80 bits per heavy atom. The number of nitrogens with zero attached hydrogens (tertiary/aromatic N) is 2. The lowest BCUT2D eigenvalue weighted by molar-refractivity contribution is 0.0953. The predicted octanol–water partition coefficient (Wildman–Crippen LogP) is 3.89. The molecule has 0 aliphatic heterocycles. The van der Waals surface area contributed by atoms with E-state index >= 15 is 0 Å². The third-order valence-electron chi connectivity index (χ3n) is 4.42. The van der Waals surface area contributed by atoms with Gasteiger partial charge in [0.25, 0.3) is 5.91 Å². The molecule has 0 saturated heterocycles. The molecule has 2 aromatic heterocycles. The molecule has 1 saturated carbocycles. The standard InChI is InChI=1S/C20H18FN3O/c1-2-15-19(17-5-3-4-10-22-17)18(20(25)23-13-7-8-13)14-11-12(21)6-9-16(14)24-15/h3-6,9-11,13H,2,7-8H2,1H3,(H,23,25). The molecule has 1 N–H and O–H groups in total. The lowest BCUT2D eigenvalue weighted by atomic mass is 9.95. The van der Waals surface area contributed by atoms with Crippen LogP contribution in [0.4, 0.5) is 4.39 Å². The van der Waals surface area contributed by atoms with Crippen molar-refractivity contribution < 1.29 is 9.18 Å². The van der Waals surface area contributed by atoms with Gasteiger partial charge in [-0.25, -0.2) is 4.39 Å². The summed E-state index contributed by atoms with van der Waals surface area (Å²) in [5.74, 6) is -0.568. The van der Waals surface area contributed by atoms with Crippen molar-refractivity contribution in [2.75, 3.05) is 0 Å². The Labute approximate surface area is 145 Å². The Kier molecular flexibility index (Phi) is 3.92. The first-order chi connectivity index (χ1) is 12.2. The van der Waals surface area contributed by atoms with Crippen molar-refractivity contribution in [1.29, 1.82) is 0 Å². The molecule has 2 heterocycles. The summed E-state index contributed by atoms with van der Waals surface area (Å²) in [4.78, 5) is 22.1. The highest BCUT2D eigenvalue weighted by Crippen LogP contribution is 2.33. The number of nitrogens with one attached hydrogen (secondary N) is 1. The van der Waals surface area contributed by atoms with Crippen LogP contribution in [-0.2, 0) is 6.42 Å². The largest absolute Gasteiger partial charge is 0.349 e. The molecule has 4 nitrogen and oxygen atoms in total. The zero-order chi connectivity index (χ0) is 17.4. The van der Waals surface area contributed by atoms with E-state index in [1.54, 1.807) is 12.3 Å². The zero-order valence-electron chi connectivity index (χ0n) is 13.9. The molecule has 0 atom stereocenters. The summed E-state index contributed by atoms with van der Waals surface area (Å²) in [6, 6.07) is 10.2. The summed E-state index contributed by atoms with van der Waals surface area (Å²) >= 11 is 0. The van der Waals surface area contributed by atoms with Crippen molar-refractivity contribution in [2.24, 2.45) is 0 Å². The Bertz CT molecular complexity index is 952. The summed E-state index contributed by atoms with van der Waals surface area (Å²) in [6.07, 6.45) is 4.32. The van der Waals surface area contributed by atoms with E-state index in [0.717, 1.165) is 18.5 Å². The maximum absolute atomic E-state index is 13.9. The third kappa shape index (κ3) is 2.97. The highest BCUT2D eigenvalue weighted by molar-refractivity contribution is 6.12. The Hall–Kier alpha value is -2.82. The molecule has 1 fully saturated rings. The van der Waals surface area contributed by atoms with Crippen molar-refractivity contribution in [3.63, 3.8) is 0 Å². The van der Waals surface area contributed by atoms with Crippen LogP contribution >= 0.6 is 0 Å². The number of halogens is 1. The molecular formula is C20H18FN3O. The smallest absolute Gasteiger partial charge is 0.252 e. The van der Waals surface area contributed by atoms with Gasteiger partial charge in [-0.3, -0.25) is 14.8 Å². The first-order valence-electron chi connectivity index (χ1n) is 8.51. The molecular weight excluding hydrogens is 317 g/mol. The summed E-state index contributed by atoms with van der Waals surface area (Å²) in [7, 11) is 0. The molecule has 3 aromatic rings. The van der Waals surface area contributed by atoms with Gasteiger partial charge >= 0.3 is 0 Å². The van der Waals surface area contributed by atoms with Crippen molar-refractivity contribution >= 4 is 16.8 Å². The second-order valence-corrected chi connectivity index (χ2v) is 6.29. The molecule has 1 amide bonds. The van der Waals surface area contributed by atoms with Gasteiger partial charge < -0.3 is 5.32 Å². The second kappa shape index (κ2) is 6.24. The second-order valence-electron chi connectivity index (χ2n) is 6.29. The van der Waals surface area contributed by atoms with Crippen LogP contribution in [0.2, 0.25) is 0 Å². The number of amides is 1. The monoisotopic (exact) mass is 335 g/mol. The molecule has 126 valence electrons. The van der Waals surface area contributed by atoms with Crippen LogP contribution in [0, 0.1) is 5.82 Å². The van der Waals surface area contributed by atoms with Gasteiger partial charge in [-0.05, 0) is 49.6 Å². The van der Waals surface area contributed by atoms with Gasteiger partial charge in [0, 0.05) is 23.2 Å². The molecule has 5 heteroatoms. The number of aryl methyl sites for hydroxylation is 1. The quantitative estimate of drug-likeness (QED) is 0.787. The van der Waals surface area contributed by atoms with Gasteiger partial charge in [0.15, 0.2) is 0 Å². The molecule has 0 radical (unpaired) electrons. The lowest BCUT2D eigenvalue weighted by Crippen LogP contribution is -2.27. The van der Waals surface area contributed by atoms with E-state index in [4.69, 9.17) is 0 Å². The maximum atomic E-state index is 13.9. The number of carbonyl (C=O) groups excluding carboxylic acids is 1. The van der Waals surface area contributed by atoms with E-state index in [-0.39, 0.29) is 17.8 Å². The van der Waals surface area contributed by atoms with E-state index in [0.29, 0.717) is 34.1 Å². The van der Waals surface area contributed by atoms with E-state index < -0.39 is 0 Å². The number of benzene rings is 1. The van der Waals surface area contributed by atoms with Gasteiger partial charge in [0.05, 0.1) is 22.5 Å². The van der Waals surface area contributed by atoms with Gasteiger partial charge in [0.1, 0.15) is 5.82 Å². The number of aromatic nitrogens is 2. The first kappa shape index (κ1) is 15.7. The molecule has 0 spiro atoms. The van der Waals surface area contributed by atoms with Gasteiger partial charge in [-0.2, -0.15) is 0 Å². The van der Waals surface area contributed by atoms with Crippen LogP contribution in [0.5, 0.6) is 0 Å². The Balaban J connectivity index is 2.03. The van der Waals surface area contributed by atoms with E-state index in [2.05, 4.69) is 15.3 Å². The SMILES string of the molecule is CCc1nc2ccc(F)cc2c(C(=O)NC2CC2)c1-c1ccccn1. The lowest BCUT2D eigenvalue weighted by Gasteiger charge is -2.16. The van der Waals surface area contributed by atoms with Crippen LogP contribution in [-0.4, -0.2) is 21.9 Å². The van der Waals surface area contributed by atoms with Crippen molar-refractivity contribution in [2.45, 2.75) is 32.2 Å². The topological polar surface area (TPSA) is 54.9 Å². The molecule has 0 bridgehead atoms. The molecule has 0 unspecified atom stereocenters. The molecule has 4 rings (SSSR count). The van der Waals surface area contributed by atoms with Gasteiger partial charge in [-0.1, -0.05) is 13.0 Å². The minimum absolute atomic E-state index is 0.184. The normalized spacial score (nSPS) is 13.8. The molecule has 1 aliphatic rings. The summed E-state index contributed by atoms with van der Waals surface area (Å²) < 4.78 is 13.9. The van der Waals surface area contributed by atoms with Gasteiger partial charge in [0.2, 0.25) is 0 Å². The Morgan fingerprint density at radius 1 is 1.28 bits per heavy atom.